The third-order valence-corrected chi connectivity index (χ3v) is 5.10. The summed E-state index contributed by atoms with van der Waals surface area (Å²) in [6.07, 6.45) is 0. The number of hydrogen-bond acceptors (Lipinski definition) is 3. The smallest absolute Gasteiger partial charge is 0.262 e. The Hall–Kier alpha value is -2.37. The quantitative estimate of drug-likeness (QED) is 0.797. The Bertz CT molecular complexity index is 915. The zero-order chi connectivity index (χ0) is 19.2. The highest BCUT2D eigenvalue weighted by molar-refractivity contribution is 6.43. The van der Waals surface area contributed by atoms with E-state index in [1.807, 2.05) is 32.0 Å². The van der Waals surface area contributed by atoms with Gasteiger partial charge in [-0.3, -0.25) is 19.3 Å². The van der Waals surface area contributed by atoms with Gasteiger partial charge in [0.2, 0.25) is 5.91 Å². The molecule has 1 N–H and O–H groups in total. The van der Waals surface area contributed by atoms with E-state index in [-0.39, 0.29) is 21.2 Å². The zero-order valence-electron chi connectivity index (χ0n) is 14.4. The van der Waals surface area contributed by atoms with Crippen LogP contribution in [0.1, 0.15) is 38.8 Å². The van der Waals surface area contributed by atoms with Gasteiger partial charge in [0.25, 0.3) is 11.8 Å². The third kappa shape index (κ3) is 3.08. The largest absolute Gasteiger partial charge is 0.324 e. The molecule has 0 radical (unpaired) electrons. The van der Waals surface area contributed by atoms with Gasteiger partial charge < -0.3 is 5.32 Å². The average Bonchev–Trinajstić information content (AvgIpc) is 2.81. The van der Waals surface area contributed by atoms with E-state index in [1.165, 1.54) is 19.1 Å². The van der Waals surface area contributed by atoms with Crippen LogP contribution in [0.2, 0.25) is 10.0 Å². The molecule has 0 aliphatic carbocycles. The van der Waals surface area contributed by atoms with Crippen LogP contribution in [0, 0.1) is 13.8 Å². The second-order valence-corrected chi connectivity index (χ2v) is 7.09. The first-order chi connectivity index (χ1) is 12.2. The standard InChI is InChI=1S/C19H16Cl2N2O3/c1-9-4-5-10(2)16(6-9)22-17(24)11(3)23-18(25)12-7-14(20)15(21)8-13(12)19(23)26/h4-8,11H,1-3H3,(H,22,24). The molecule has 1 unspecified atom stereocenters. The Morgan fingerprint density at radius 3 is 2.08 bits per heavy atom. The molecule has 1 aliphatic rings. The van der Waals surface area contributed by atoms with Gasteiger partial charge in [-0.15, -0.1) is 0 Å². The molecule has 3 rings (SSSR count). The second-order valence-electron chi connectivity index (χ2n) is 6.28. The van der Waals surface area contributed by atoms with Gasteiger partial charge in [0.15, 0.2) is 0 Å². The molecule has 1 atom stereocenters. The van der Waals surface area contributed by atoms with Gasteiger partial charge >= 0.3 is 0 Å². The number of hydrogen-bond donors (Lipinski definition) is 1. The SMILES string of the molecule is Cc1ccc(C)c(NC(=O)C(C)N2C(=O)c3cc(Cl)c(Cl)cc3C2=O)c1. The minimum absolute atomic E-state index is 0.149. The summed E-state index contributed by atoms with van der Waals surface area (Å²) in [5.41, 5.74) is 2.82. The molecule has 0 saturated heterocycles. The topological polar surface area (TPSA) is 66.5 Å². The predicted octanol–water partition coefficient (Wildman–Crippen LogP) is 4.23. The summed E-state index contributed by atoms with van der Waals surface area (Å²) in [4.78, 5) is 38.8. The summed E-state index contributed by atoms with van der Waals surface area (Å²) < 4.78 is 0. The summed E-state index contributed by atoms with van der Waals surface area (Å²) in [7, 11) is 0. The average molecular weight is 391 g/mol. The number of carbonyl (C=O) groups excluding carboxylic acids is 3. The molecule has 5 nitrogen and oxygen atoms in total. The molecular formula is C19H16Cl2N2O3. The van der Waals surface area contributed by atoms with Crippen molar-refractivity contribution in [2.24, 2.45) is 0 Å². The minimum Gasteiger partial charge on any atom is -0.324 e. The molecule has 3 amide bonds. The van der Waals surface area contributed by atoms with Crippen molar-refractivity contribution in [1.82, 2.24) is 4.90 Å². The predicted molar refractivity (Wildman–Crippen MR) is 101 cm³/mol. The van der Waals surface area contributed by atoms with Gasteiger partial charge in [-0.05, 0) is 50.1 Å². The van der Waals surface area contributed by atoms with Crippen LogP contribution < -0.4 is 5.32 Å². The molecule has 0 fully saturated rings. The first kappa shape index (κ1) is 18.4. The van der Waals surface area contributed by atoms with Gasteiger partial charge in [-0.2, -0.15) is 0 Å². The number of rotatable bonds is 3. The highest BCUT2D eigenvalue weighted by atomic mass is 35.5. The lowest BCUT2D eigenvalue weighted by atomic mass is 10.1. The maximum absolute atomic E-state index is 12.6. The van der Waals surface area contributed by atoms with E-state index in [0.717, 1.165) is 16.0 Å². The van der Waals surface area contributed by atoms with Gasteiger partial charge in [0.05, 0.1) is 21.2 Å². The van der Waals surface area contributed by atoms with Crippen LogP contribution >= 0.6 is 23.2 Å². The van der Waals surface area contributed by atoms with Crippen molar-refractivity contribution >= 4 is 46.6 Å². The van der Waals surface area contributed by atoms with Gasteiger partial charge in [-0.25, -0.2) is 0 Å². The Morgan fingerprint density at radius 2 is 1.54 bits per heavy atom. The lowest BCUT2D eigenvalue weighted by molar-refractivity contribution is -0.119. The second kappa shape index (κ2) is 6.74. The summed E-state index contributed by atoms with van der Waals surface area (Å²) in [5.74, 6) is -1.58. The van der Waals surface area contributed by atoms with Crippen molar-refractivity contribution < 1.29 is 14.4 Å². The maximum Gasteiger partial charge on any atom is 0.262 e. The molecule has 2 aromatic carbocycles. The number of aryl methyl sites for hydroxylation is 2. The van der Waals surface area contributed by atoms with Crippen molar-refractivity contribution in [2.75, 3.05) is 5.32 Å². The monoisotopic (exact) mass is 390 g/mol. The van der Waals surface area contributed by atoms with E-state index in [4.69, 9.17) is 23.2 Å². The molecule has 1 heterocycles. The lowest BCUT2D eigenvalue weighted by Gasteiger charge is -2.22. The van der Waals surface area contributed by atoms with Crippen LogP contribution in [0.15, 0.2) is 30.3 Å². The lowest BCUT2D eigenvalue weighted by Crippen LogP contribution is -2.45. The normalized spacial score (nSPS) is 14.4. The molecule has 0 bridgehead atoms. The third-order valence-electron chi connectivity index (χ3n) is 4.38. The van der Waals surface area contributed by atoms with E-state index in [9.17, 15) is 14.4 Å². The van der Waals surface area contributed by atoms with Crippen molar-refractivity contribution in [3.8, 4) is 0 Å². The Balaban J connectivity index is 1.87. The molecule has 0 aromatic heterocycles. The number of imide groups is 1. The summed E-state index contributed by atoms with van der Waals surface area (Å²) in [6, 6.07) is 7.39. The molecule has 2 aromatic rings. The van der Waals surface area contributed by atoms with E-state index in [0.29, 0.717) is 5.69 Å². The number of benzene rings is 2. The summed E-state index contributed by atoms with van der Waals surface area (Å²) >= 11 is 11.9. The number of nitrogens with zero attached hydrogens (tertiary/aromatic N) is 1. The van der Waals surface area contributed by atoms with Gasteiger partial charge in [0.1, 0.15) is 6.04 Å². The first-order valence-corrected chi connectivity index (χ1v) is 8.71. The van der Waals surface area contributed by atoms with E-state index < -0.39 is 23.8 Å². The molecule has 134 valence electrons. The molecule has 0 saturated carbocycles. The maximum atomic E-state index is 12.6. The van der Waals surface area contributed by atoms with Crippen LogP contribution in [0.5, 0.6) is 0 Å². The number of carbonyl (C=O) groups is 3. The van der Waals surface area contributed by atoms with E-state index in [2.05, 4.69) is 5.32 Å². The molecule has 26 heavy (non-hydrogen) atoms. The van der Waals surface area contributed by atoms with Crippen LogP contribution in [0.25, 0.3) is 0 Å². The number of halogens is 2. The van der Waals surface area contributed by atoms with Gasteiger partial charge in [0, 0.05) is 5.69 Å². The highest BCUT2D eigenvalue weighted by Gasteiger charge is 2.41. The summed E-state index contributed by atoms with van der Waals surface area (Å²) in [5, 5.41) is 3.14. The van der Waals surface area contributed by atoms with Crippen LogP contribution in [-0.4, -0.2) is 28.7 Å². The Kier molecular flexibility index (Phi) is 4.78. The van der Waals surface area contributed by atoms with Crippen LogP contribution in [0.4, 0.5) is 5.69 Å². The van der Waals surface area contributed by atoms with E-state index >= 15 is 0 Å². The van der Waals surface area contributed by atoms with Crippen LogP contribution in [-0.2, 0) is 4.79 Å². The fourth-order valence-corrected chi connectivity index (χ4v) is 3.16. The number of fused-ring (bicyclic) bond motifs is 1. The fraction of sp³-hybridized carbons (Fsp3) is 0.211. The fourth-order valence-electron chi connectivity index (χ4n) is 2.83. The van der Waals surface area contributed by atoms with Crippen molar-refractivity contribution in [3.63, 3.8) is 0 Å². The first-order valence-electron chi connectivity index (χ1n) is 7.95. The number of anilines is 1. The molecule has 0 spiro atoms. The molecular weight excluding hydrogens is 375 g/mol. The number of amides is 3. The van der Waals surface area contributed by atoms with Crippen molar-refractivity contribution in [1.29, 1.82) is 0 Å². The zero-order valence-corrected chi connectivity index (χ0v) is 15.9. The minimum atomic E-state index is -0.986. The van der Waals surface area contributed by atoms with Crippen molar-refractivity contribution in [3.05, 3.63) is 62.6 Å². The number of nitrogens with one attached hydrogen (secondary N) is 1. The van der Waals surface area contributed by atoms with E-state index in [1.54, 1.807) is 0 Å². The summed E-state index contributed by atoms with van der Waals surface area (Å²) in [6.45, 7) is 5.28. The van der Waals surface area contributed by atoms with Crippen molar-refractivity contribution in [2.45, 2.75) is 26.8 Å². The molecule has 1 aliphatic heterocycles. The highest BCUT2D eigenvalue weighted by Crippen LogP contribution is 2.32. The molecule has 7 heteroatoms. The van der Waals surface area contributed by atoms with Crippen LogP contribution in [0.3, 0.4) is 0 Å². The van der Waals surface area contributed by atoms with Gasteiger partial charge in [-0.1, -0.05) is 35.3 Å². The Morgan fingerprint density at radius 1 is 1.00 bits per heavy atom. The Labute approximate surface area is 160 Å².